The molecule has 0 nitrogen and oxygen atoms in total. The Labute approximate surface area is 98.5 Å². The van der Waals surface area contributed by atoms with Crippen LogP contribution >= 0.6 is 11.8 Å². The summed E-state index contributed by atoms with van der Waals surface area (Å²) in [4.78, 5) is 0. The minimum absolute atomic E-state index is 0.853. The Morgan fingerprint density at radius 2 is 1.80 bits per heavy atom. The highest BCUT2D eigenvalue weighted by atomic mass is 32.2. The second-order valence-corrected chi connectivity index (χ2v) is 5.61. The van der Waals surface area contributed by atoms with E-state index in [1.165, 1.54) is 36.3 Å². The van der Waals surface area contributed by atoms with Crippen molar-refractivity contribution in [2.45, 2.75) is 33.1 Å². The predicted molar refractivity (Wildman–Crippen MR) is 71.5 cm³/mol. The van der Waals surface area contributed by atoms with Crippen LogP contribution < -0.4 is 0 Å². The van der Waals surface area contributed by atoms with E-state index in [9.17, 15) is 0 Å². The van der Waals surface area contributed by atoms with E-state index in [2.05, 4.69) is 55.9 Å². The molecule has 0 aliphatic heterocycles. The Bertz CT molecular complexity index is 241. The molecular formula is C14H22S. The average molecular weight is 222 g/mol. The zero-order valence-corrected chi connectivity index (χ0v) is 10.7. The smallest absolute Gasteiger partial charge is 0.00644 e. The number of benzene rings is 1. The van der Waals surface area contributed by atoms with Gasteiger partial charge in [0, 0.05) is 0 Å². The second kappa shape index (κ2) is 7.81. The molecule has 0 aliphatic carbocycles. The molecule has 0 aliphatic rings. The van der Waals surface area contributed by atoms with Crippen molar-refractivity contribution in [3.63, 3.8) is 0 Å². The van der Waals surface area contributed by atoms with Gasteiger partial charge in [0.25, 0.3) is 0 Å². The van der Waals surface area contributed by atoms with Crippen LogP contribution in [-0.4, -0.2) is 11.5 Å². The van der Waals surface area contributed by atoms with Crippen molar-refractivity contribution in [1.82, 2.24) is 0 Å². The van der Waals surface area contributed by atoms with Crippen LogP contribution in [0, 0.1) is 5.92 Å². The molecule has 0 fully saturated rings. The number of aryl methyl sites for hydroxylation is 1. The lowest BCUT2D eigenvalue weighted by atomic mass is 10.1. The van der Waals surface area contributed by atoms with Crippen molar-refractivity contribution >= 4 is 11.8 Å². The summed E-state index contributed by atoms with van der Waals surface area (Å²) < 4.78 is 0. The highest BCUT2D eigenvalue weighted by molar-refractivity contribution is 7.99. The van der Waals surface area contributed by atoms with Gasteiger partial charge in [-0.3, -0.25) is 0 Å². The third-order valence-corrected chi connectivity index (χ3v) is 3.54. The Morgan fingerprint density at radius 3 is 2.47 bits per heavy atom. The van der Waals surface area contributed by atoms with E-state index in [1.54, 1.807) is 0 Å². The van der Waals surface area contributed by atoms with Crippen LogP contribution in [0.2, 0.25) is 0 Å². The summed E-state index contributed by atoms with van der Waals surface area (Å²) in [6.45, 7) is 4.59. The first-order valence-electron chi connectivity index (χ1n) is 5.90. The molecule has 0 radical (unpaired) electrons. The molecule has 15 heavy (non-hydrogen) atoms. The normalized spacial score (nSPS) is 10.9. The van der Waals surface area contributed by atoms with E-state index in [0.29, 0.717) is 0 Å². The third kappa shape index (κ3) is 6.62. The third-order valence-electron chi connectivity index (χ3n) is 2.44. The molecule has 0 aromatic heterocycles. The highest BCUT2D eigenvalue weighted by Gasteiger charge is 1.95. The largest absolute Gasteiger partial charge is 0.162 e. The number of hydrogen-bond acceptors (Lipinski definition) is 1. The van der Waals surface area contributed by atoms with Gasteiger partial charge in [0.05, 0.1) is 0 Å². The molecule has 1 aromatic rings. The Kier molecular flexibility index (Phi) is 6.58. The van der Waals surface area contributed by atoms with Gasteiger partial charge in [-0.1, -0.05) is 44.2 Å². The van der Waals surface area contributed by atoms with Gasteiger partial charge in [0.2, 0.25) is 0 Å². The molecule has 0 atom stereocenters. The summed E-state index contributed by atoms with van der Waals surface area (Å²) in [5.41, 5.74) is 1.47. The molecule has 1 rings (SSSR count). The van der Waals surface area contributed by atoms with Crippen molar-refractivity contribution in [3.05, 3.63) is 35.9 Å². The van der Waals surface area contributed by atoms with Gasteiger partial charge in [-0.2, -0.15) is 11.8 Å². The van der Waals surface area contributed by atoms with E-state index in [-0.39, 0.29) is 0 Å². The fraction of sp³-hybridized carbons (Fsp3) is 0.571. The van der Waals surface area contributed by atoms with E-state index in [1.807, 2.05) is 0 Å². The van der Waals surface area contributed by atoms with Crippen LogP contribution in [0.4, 0.5) is 0 Å². The maximum Gasteiger partial charge on any atom is -0.00644 e. The topological polar surface area (TPSA) is 0 Å². The highest BCUT2D eigenvalue weighted by Crippen LogP contribution is 2.11. The lowest BCUT2D eigenvalue weighted by Crippen LogP contribution is -1.92. The molecule has 0 saturated carbocycles. The van der Waals surface area contributed by atoms with Gasteiger partial charge < -0.3 is 0 Å². The lowest BCUT2D eigenvalue weighted by Gasteiger charge is -2.04. The first-order valence-corrected chi connectivity index (χ1v) is 7.06. The lowest BCUT2D eigenvalue weighted by molar-refractivity contribution is 0.632. The Balaban J connectivity index is 1.98. The monoisotopic (exact) mass is 222 g/mol. The average Bonchev–Trinajstić information content (AvgIpc) is 2.24. The van der Waals surface area contributed by atoms with E-state index >= 15 is 0 Å². The second-order valence-electron chi connectivity index (χ2n) is 4.38. The molecule has 0 bridgehead atoms. The zero-order chi connectivity index (χ0) is 10.9. The summed E-state index contributed by atoms with van der Waals surface area (Å²) in [6, 6.07) is 10.8. The van der Waals surface area contributed by atoms with Crippen molar-refractivity contribution in [2.24, 2.45) is 5.92 Å². The van der Waals surface area contributed by atoms with Crippen LogP contribution in [-0.2, 0) is 6.42 Å². The fourth-order valence-electron chi connectivity index (χ4n) is 1.44. The van der Waals surface area contributed by atoms with Crippen LogP contribution in [0.1, 0.15) is 32.3 Å². The van der Waals surface area contributed by atoms with Crippen LogP contribution in [0.3, 0.4) is 0 Å². The molecule has 84 valence electrons. The molecule has 0 spiro atoms. The quantitative estimate of drug-likeness (QED) is 0.616. The first kappa shape index (κ1) is 12.6. The molecule has 1 aromatic carbocycles. The minimum Gasteiger partial charge on any atom is -0.162 e. The van der Waals surface area contributed by atoms with Crippen LogP contribution in [0.25, 0.3) is 0 Å². The van der Waals surface area contributed by atoms with E-state index in [4.69, 9.17) is 0 Å². The first-order chi connectivity index (χ1) is 7.29. The van der Waals surface area contributed by atoms with Gasteiger partial charge >= 0.3 is 0 Å². The summed E-state index contributed by atoms with van der Waals surface area (Å²) in [7, 11) is 0. The standard InChI is InChI=1S/C14H22S/c1-13(2)10-12-15-11-6-9-14-7-4-3-5-8-14/h3-5,7-8,13H,6,9-12H2,1-2H3. The summed E-state index contributed by atoms with van der Waals surface area (Å²) in [6.07, 6.45) is 3.90. The summed E-state index contributed by atoms with van der Waals surface area (Å²) >= 11 is 2.10. The van der Waals surface area contributed by atoms with Gasteiger partial charge in [-0.25, -0.2) is 0 Å². The molecule has 0 unspecified atom stereocenters. The minimum atomic E-state index is 0.853. The Hall–Kier alpha value is -0.430. The molecule has 0 heterocycles. The van der Waals surface area contributed by atoms with E-state index < -0.39 is 0 Å². The molecule has 0 N–H and O–H groups in total. The maximum atomic E-state index is 2.30. The molecule has 0 amide bonds. The van der Waals surface area contributed by atoms with Crippen LogP contribution in [0.15, 0.2) is 30.3 Å². The van der Waals surface area contributed by atoms with Crippen molar-refractivity contribution in [3.8, 4) is 0 Å². The van der Waals surface area contributed by atoms with Crippen molar-refractivity contribution in [2.75, 3.05) is 11.5 Å². The van der Waals surface area contributed by atoms with Crippen molar-refractivity contribution in [1.29, 1.82) is 0 Å². The summed E-state index contributed by atoms with van der Waals surface area (Å²) in [5.74, 6) is 3.49. The molecule has 1 heteroatoms. The van der Waals surface area contributed by atoms with E-state index in [0.717, 1.165) is 5.92 Å². The van der Waals surface area contributed by atoms with Crippen molar-refractivity contribution < 1.29 is 0 Å². The predicted octanol–water partition coefficient (Wildman–Crippen LogP) is 4.40. The Morgan fingerprint density at radius 1 is 1.07 bits per heavy atom. The molecule has 0 saturated heterocycles. The molecular weight excluding hydrogens is 200 g/mol. The van der Waals surface area contributed by atoms with Crippen LogP contribution in [0.5, 0.6) is 0 Å². The number of thioether (sulfide) groups is 1. The fourth-order valence-corrected chi connectivity index (χ4v) is 2.63. The zero-order valence-electron chi connectivity index (χ0n) is 9.91. The maximum absolute atomic E-state index is 2.30. The number of hydrogen-bond donors (Lipinski definition) is 0. The van der Waals surface area contributed by atoms with Gasteiger partial charge in [-0.15, -0.1) is 0 Å². The van der Waals surface area contributed by atoms with Gasteiger partial charge in [0.1, 0.15) is 0 Å². The summed E-state index contributed by atoms with van der Waals surface area (Å²) in [5, 5.41) is 0. The SMILES string of the molecule is CC(C)CCSCCCc1ccccc1. The number of rotatable bonds is 7. The van der Waals surface area contributed by atoms with Gasteiger partial charge in [0.15, 0.2) is 0 Å². The van der Waals surface area contributed by atoms with Gasteiger partial charge in [-0.05, 0) is 42.2 Å².